The summed E-state index contributed by atoms with van der Waals surface area (Å²) in [5, 5.41) is 19.8. The van der Waals surface area contributed by atoms with E-state index in [1.54, 1.807) is 0 Å². The van der Waals surface area contributed by atoms with Gasteiger partial charge in [-0.3, -0.25) is 9.59 Å². The van der Waals surface area contributed by atoms with Gasteiger partial charge in [-0.2, -0.15) is 28.6 Å². The molecule has 0 bridgehead atoms. The molecule has 0 aromatic carbocycles. The van der Waals surface area contributed by atoms with Crippen LogP contribution in [0.2, 0.25) is 0 Å². The van der Waals surface area contributed by atoms with E-state index < -0.39 is 42.0 Å². The van der Waals surface area contributed by atoms with Crippen LogP contribution < -0.4 is 5.32 Å². The van der Waals surface area contributed by atoms with Crippen LogP contribution in [0.3, 0.4) is 0 Å². The number of halogens is 3. The molecular weight excluding hydrogens is 343 g/mol. The average molecular weight is 361 g/mol. The molecule has 1 aliphatic heterocycles. The number of carbonyl (C=O) groups is 2. The lowest BCUT2D eigenvalue weighted by atomic mass is 9.63. The van der Waals surface area contributed by atoms with Gasteiger partial charge >= 0.3 is 6.18 Å². The zero-order chi connectivity index (χ0) is 18.2. The monoisotopic (exact) mass is 361 g/mol. The summed E-state index contributed by atoms with van der Waals surface area (Å²) in [5.74, 6) is -1.44. The van der Waals surface area contributed by atoms with E-state index >= 15 is 0 Å². The third-order valence-corrected chi connectivity index (χ3v) is 4.88. The van der Waals surface area contributed by atoms with Crippen molar-refractivity contribution in [2.24, 2.45) is 5.41 Å². The van der Waals surface area contributed by atoms with E-state index in [1.807, 2.05) is 5.21 Å². The molecule has 2 aliphatic rings. The Morgan fingerprint density at radius 1 is 1.36 bits per heavy atom. The molecular formula is C14H18F3N5O3. The molecule has 2 heterocycles. The highest BCUT2D eigenvalue weighted by molar-refractivity contribution is 5.93. The number of aromatic nitrogens is 3. The van der Waals surface area contributed by atoms with Gasteiger partial charge in [0.25, 0.3) is 5.91 Å². The van der Waals surface area contributed by atoms with Gasteiger partial charge in [-0.05, 0) is 24.7 Å². The van der Waals surface area contributed by atoms with Crippen molar-refractivity contribution in [1.29, 1.82) is 0 Å². The van der Waals surface area contributed by atoms with Crippen molar-refractivity contribution < 1.29 is 27.9 Å². The maximum atomic E-state index is 13.0. The number of nitrogens with zero attached hydrogens (tertiary/aromatic N) is 3. The van der Waals surface area contributed by atoms with Crippen LogP contribution in [0.4, 0.5) is 13.2 Å². The maximum absolute atomic E-state index is 13.0. The predicted octanol–water partition coefficient (Wildman–Crippen LogP) is 0.317. The van der Waals surface area contributed by atoms with Crippen LogP contribution in [-0.4, -0.2) is 63.0 Å². The van der Waals surface area contributed by atoms with Crippen LogP contribution in [0, 0.1) is 5.41 Å². The molecule has 0 radical (unpaired) electrons. The highest BCUT2D eigenvalue weighted by Crippen LogP contribution is 2.47. The lowest BCUT2D eigenvalue weighted by Crippen LogP contribution is -2.59. The number of piperidine rings is 1. The van der Waals surface area contributed by atoms with E-state index in [-0.39, 0.29) is 12.0 Å². The summed E-state index contributed by atoms with van der Waals surface area (Å²) in [7, 11) is 0. The molecule has 1 saturated carbocycles. The second-order valence-corrected chi connectivity index (χ2v) is 6.68. The molecule has 1 aromatic heterocycles. The molecule has 11 heteroatoms. The topological polar surface area (TPSA) is 111 Å². The number of carbonyl (C=O) groups excluding carboxylic acids is 2. The molecule has 3 N–H and O–H groups in total. The Hall–Kier alpha value is -2.17. The number of hydrogen-bond donors (Lipinski definition) is 3. The summed E-state index contributed by atoms with van der Waals surface area (Å²) in [6.45, 7) is -0.295. The first-order valence-electron chi connectivity index (χ1n) is 7.91. The third kappa shape index (κ3) is 3.46. The Morgan fingerprint density at radius 3 is 2.64 bits per heavy atom. The zero-order valence-corrected chi connectivity index (χ0v) is 13.3. The molecule has 1 aliphatic carbocycles. The van der Waals surface area contributed by atoms with Crippen LogP contribution >= 0.6 is 0 Å². The highest BCUT2D eigenvalue weighted by Gasteiger charge is 2.47. The minimum Gasteiger partial charge on any atom is -0.387 e. The van der Waals surface area contributed by atoms with Gasteiger partial charge in [0.1, 0.15) is 6.61 Å². The van der Waals surface area contributed by atoms with Crippen LogP contribution in [0.25, 0.3) is 0 Å². The molecule has 25 heavy (non-hydrogen) atoms. The summed E-state index contributed by atoms with van der Waals surface area (Å²) in [6, 6.07) is -0.418. The van der Waals surface area contributed by atoms with Gasteiger partial charge in [-0.15, -0.1) is 0 Å². The molecule has 1 unspecified atom stereocenters. The molecule has 1 spiro atoms. The van der Waals surface area contributed by atoms with Crippen molar-refractivity contribution in [2.45, 2.75) is 37.9 Å². The number of rotatable bonds is 3. The first-order chi connectivity index (χ1) is 11.7. The fourth-order valence-electron chi connectivity index (χ4n) is 3.68. The van der Waals surface area contributed by atoms with Crippen LogP contribution in [0.15, 0.2) is 0 Å². The Morgan fingerprint density at radius 2 is 2.08 bits per heavy atom. The summed E-state index contributed by atoms with van der Waals surface area (Å²) in [5.41, 5.74) is -2.32. The number of hydrogen-bond acceptors (Lipinski definition) is 5. The predicted molar refractivity (Wildman–Crippen MR) is 77.2 cm³/mol. The maximum Gasteiger partial charge on any atom is 0.437 e. The number of H-pyrrole nitrogens is 1. The first-order valence-corrected chi connectivity index (χ1v) is 7.91. The van der Waals surface area contributed by atoms with Gasteiger partial charge in [0.15, 0.2) is 11.4 Å². The molecule has 8 nitrogen and oxygen atoms in total. The average Bonchev–Trinajstić information content (AvgIpc) is 3.02. The van der Waals surface area contributed by atoms with E-state index in [0.717, 1.165) is 19.3 Å². The summed E-state index contributed by atoms with van der Waals surface area (Å²) in [4.78, 5) is 25.3. The third-order valence-electron chi connectivity index (χ3n) is 4.88. The molecule has 2 amide bonds. The van der Waals surface area contributed by atoms with Crippen molar-refractivity contribution in [3.05, 3.63) is 11.4 Å². The SMILES string of the molecule is O=C(CO)NC1CN(C(=O)c2n[nH]nc2C(F)(F)F)CC2(CCC2)C1. The molecule has 1 aromatic rings. The van der Waals surface area contributed by atoms with Crippen molar-refractivity contribution in [1.82, 2.24) is 25.6 Å². The number of likely N-dealkylation sites (tertiary alicyclic amines) is 1. The normalized spacial score (nSPS) is 22.6. The Bertz CT molecular complexity index is 671. The van der Waals surface area contributed by atoms with Crippen molar-refractivity contribution in [3.63, 3.8) is 0 Å². The van der Waals surface area contributed by atoms with Crippen LogP contribution in [0.5, 0.6) is 0 Å². The minimum absolute atomic E-state index is 0.0660. The van der Waals surface area contributed by atoms with Gasteiger partial charge in [0.2, 0.25) is 5.91 Å². The summed E-state index contributed by atoms with van der Waals surface area (Å²) >= 11 is 0. The van der Waals surface area contributed by atoms with Crippen LogP contribution in [0.1, 0.15) is 41.9 Å². The second-order valence-electron chi connectivity index (χ2n) is 6.68. The molecule has 138 valence electrons. The lowest BCUT2D eigenvalue weighted by molar-refractivity contribution is -0.141. The molecule has 3 rings (SSSR count). The zero-order valence-electron chi connectivity index (χ0n) is 13.3. The highest BCUT2D eigenvalue weighted by atomic mass is 19.4. The number of aliphatic hydroxyl groups is 1. The van der Waals surface area contributed by atoms with Gasteiger partial charge in [-0.1, -0.05) is 6.42 Å². The first kappa shape index (κ1) is 17.6. The van der Waals surface area contributed by atoms with Gasteiger partial charge in [-0.25, -0.2) is 0 Å². The van der Waals surface area contributed by atoms with Crippen molar-refractivity contribution >= 4 is 11.8 Å². The largest absolute Gasteiger partial charge is 0.437 e. The number of aromatic amines is 1. The minimum atomic E-state index is -4.79. The summed E-state index contributed by atoms with van der Waals surface area (Å²) < 4.78 is 38.9. The quantitative estimate of drug-likeness (QED) is 0.718. The Labute approximate surface area is 140 Å². The van der Waals surface area contributed by atoms with Crippen molar-refractivity contribution in [2.75, 3.05) is 19.7 Å². The molecule has 1 saturated heterocycles. The number of aliphatic hydroxyl groups excluding tert-OH is 1. The van der Waals surface area contributed by atoms with Crippen molar-refractivity contribution in [3.8, 4) is 0 Å². The van der Waals surface area contributed by atoms with E-state index in [2.05, 4.69) is 15.5 Å². The fourth-order valence-corrected chi connectivity index (χ4v) is 3.68. The van der Waals surface area contributed by atoms with Gasteiger partial charge < -0.3 is 15.3 Å². The van der Waals surface area contributed by atoms with E-state index in [4.69, 9.17) is 5.11 Å². The summed E-state index contributed by atoms with van der Waals surface area (Å²) in [6.07, 6.45) is -1.50. The molecule has 2 fully saturated rings. The van der Waals surface area contributed by atoms with Gasteiger partial charge in [0, 0.05) is 19.1 Å². The second kappa shape index (κ2) is 6.28. The Kier molecular flexibility index (Phi) is 4.43. The Balaban J connectivity index is 1.81. The van der Waals surface area contributed by atoms with Crippen LogP contribution in [-0.2, 0) is 11.0 Å². The number of amides is 2. The number of nitrogens with one attached hydrogen (secondary N) is 2. The van der Waals surface area contributed by atoms with Gasteiger partial charge in [0.05, 0.1) is 0 Å². The van der Waals surface area contributed by atoms with E-state index in [1.165, 1.54) is 4.90 Å². The smallest absolute Gasteiger partial charge is 0.387 e. The lowest BCUT2D eigenvalue weighted by Gasteiger charge is -2.51. The fraction of sp³-hybridized carbons (Fsp3) is 0.714. The van der Waals surface area contributed by atoms with E-state index in [0.29, 0.717) is 13.0 Å². The molecule has 1 atom stereocenters. The standard InChI is InChI=1S/C14H18F3N5O3/c15-14(16,17)11-10(19-21-20-11)12(25)22-5-8(18-9(24)6-23)4-13(7-22)2-1-3-13/h8,23H,1-7H2,(H,18,24)(H,19,20,21). The van der Waals surface area contributed by atoms with E-state index in [9.17, 15) is 22.8 Å². The number of alkyl halides is 3.